The first-order chi connectivity index (χ1) is 14.7. The summed E-state index contributed by atoms with van der Waals surface area (Å²) in [5.74, 6) is 0.425. The Morgan fingerprint density at radius 3 is 2.43 bits per heavy atom. The third-order valence-corrected chi connectivity index (χ3v) is 4.37. The highest BCUT2D eigenvalue weighted by Gasteiger charge is 2.14. The van der Waals surface area contributed by atoms with Crippen molar-refractivity contribution in [1.29, 1.82) is 0 Å². The summed E-state index contributed by atoms with van der Waals surface area (Å²) in [7, 11) is 0. The molecule has 7 nitrogen and oxygen atoms in total. The van der Waals surface area contributed by atoms with Gasteiger partial charge in [-0.05, 0) is 30.3 Å². The minimum absolute atomic E-state index is 0.143. The maximum absolute atomic E-state index is 12.6. The number of carbonyl (C=O) groups excluding carboxylic acids is 1. The molecule has 4 aromatic rings. The second-order valence-corrected chi connectivity index (χ2v) is 6.38. The van der Waals surface area contributed by atoms with Crippen molar-refractivity contribution in [3.8, 4) is 17.4 Å². The van der Waals surface area contributed by atoms with Crippen LogP contribution in [0.1, 0.15) is 10.4 Å². The van der Waals surface area contributed by atoms with Gasteiger partial charge in [-0.1, -0.05) is 48.5 Å². The van der Waals surface area contributed by atoms with E-state index >= 15 is 0 Å². The van der Waals surface area contributed by atoms with Crippen LogP contribution >= 0.6 is 0 Å². The molecule has 4 rings (SSSR count). The van der Waals surface area contributed by atoms with Crippen LogP contribution in [0.4, 0.5) is 5.69 Å². The molecule has 30 heavy (non-hydrogen) atoms. The molecule has 0 fully saturated rings. The molecule has 0 unspecified atom stereocenters. The van der Waals surface area contributed by atoms with E-state index in [0.717, 1.165) is 5.75 Å². The smallest absolute Gasteiger partial charge is 0.299 e. The number of carbonyl (C=O) groups is 1. The van der Waals surface area contributed by atoms with Gasteiger partial charge in [0.2, 0.25) is 5.88 Å². The number of hydrogen-bond donors (Lipinski definition) is 2. The van der Waals surface area contributed by atoms with Crippen molar-refractivity contribution < 1.29 is 19.4 Å². The van der Waals surface area contributed by atoms with Crippen molar-refractivity contribution in [2.45, 2.75) is 0 Å². The minimum atomic E-state index is -0.570. The lowest BCUT2D eigenvalue weighted by Gasteiger charge is -2.10. The third kappa shape index (κ3) is 4.30. The fourth-order valence-electron chi connectivity index (χ4n) is 2.96. The number of ether oxygens (including phenoxy) is 2. The van der Waals surface area contributed by atoms with Gasteiger partial charge in [-0.2, -0.15) is 0 Å². The summed E-state index contributed by atoms with van der Waals surface area (Å²) in [6, 6.07) is 23.4. The van der Waals surface area contributed by atoms with Crippen LogP contribution in [0.5, 0.6) is 17.4 Å². The summed E-state index contributed by atoms with van der Waals surface area (Å²) in [5.41, 5.74) is 1.20. The Hall–Kier alpha value is -4.13. The second-order valence-electron chi connectivity index (χ2n) is 6.38. The Morgan fingerprint density at radius 2 is 1.57 bits per heavy atom. The van der Waals surface area contributed by atoms with E-state index < -0.39 is 5.91 Å². The van der Waals surface area contributed by atoms with Gasteiger partial charge in [0, 0.05) is 5.39 Å². The SMILES string of the molecule is O=C(N=Nc1c(O)[nH]c2ccccc12)c1ccccc1OCCOc1ccccc1. The molecule has 0 aliphatic rings. The summed E-state index contributed by atoms with van der Waals surface area (Å²) in [4.78, 5) is 15.4. The average molecular weight is 401 g/mol. The number of rotatable bonds is 7. The van der Waals surface area contributed by atoms with E-state index in [2.05, 4.69) is 15.2 Å². The number of hydrogen-bond acceptors (Lipinski definition) is 5. The molecule has 0 spiro atoms. The van der Waals surface area contributed by atoms with Crippen LogP contribution in [-0.2, 0) is 0 Å². The van der Waals surface area contributed by atoms with Crippen LogP contribution in [0.2, 0.25) is 0 Å². The van der Waals surface area contributed by atoms with Crippen molar-refractivity contribution in [1.82, 2.24) is 4.98 Å². The van der Waals surface area contributed by atoms with E-state index in [0.29, 0.717) is 23.3 Å². The van der Waals surface area contributed by atoms with Gasteiger partial charge in [0.25, 0.3) is 5.91 Å². The number of aromatic amines is 1. The number of fused-ring (bicyclic) bond motifs is 1. The van der Waals surface area contributed by atoms with Gasteiger partial charge in [0.1, 0.15) is 24.7 Å². The second kappa shape index (κ2) is 8.91. The number of para-hydroxylation sites is 3. The third-order valence-electron chi connectivity index (χ3n) is 4.37. The van der Waals surface area contributed by atoms with Crippen LogP contribution < -0.4 is 9.47 Å². The number of amides is 1. The molecular formula is C23H19N3O4. The lowest BCUT2D eigenvalue weighted by molar-refractivity contribution is 0.0990. The van der Waals surface area contributed by atoms with E-state index in [4.69, 9.17) is 9.47 Å². The number of aromatic hydroxyl groups is 1. The van der Waals surface area contributed by atoms with Gasteiger partial charge in [-0.3, -0.25) is 4.79 Å². The molecular weight excluding hydrogens is 382 g/mol. The molecule has 0 radical (unpaired) electrons. The number of H-pyrrole nitrogens is 1. The monoisotopic (exact) mass is 401 g/mol. The molecule has 0 atom stereocenters. The Bertz CT molecular complexity index is 1190. The standard InChI is InChI=1S/C23H19N3O4/c27-22(26-25-21-17-10-4-6-12-19(17)24-23(21)28)18-11-5-7-13-20(18)30-15-14-29-16-8-2-1-3-9-16/h1-13,24,28H,14-15H2. The fourth-order valence-corrected chi connectivity index (χ4v) is 2.96. The van der Waals surface area contributed by atoms with Crippen LogP contribution in [0.3, 0.4) is 0 Å². The van der Waals surface area contributed by atoms with E-state index in [-0.39, 0.29) is 23.7 Å². The maximum Gasteiger partial charge on any atom is 0.299 e. The molecule has 0 saturated heterocycles. The summed E-state index contributed by atoms with van der Waals surface area (Å²) < 4.78 is 11.3. The Kier molecular flexibility index (Phi) is 5.70. The predicted octanol–water partition coefficient (Wildman–Crippen LogP) is 5.26. The number of benzene rings is 3. The largest absolute Gasteiger partial charge is 0.493 e. The van der Waals surface area contributed by atoms with Gasteiger partial charge in [-0.25, -0.2) is 0 Å². The topological polar surface area (TPSA) is 96.3 Å². The quantitative estimate of drug-likeness (QED) is 0.326. The summed E-state index contributed by atoms with van der Waals surface area (Å²) in [5, 5.41) is 18.5. The van der Waals surface area contributed by atoms with Gasteiger partial charge in [-0.15, -0.1) is 10.2 Å². The van der Waals surface area contributed by atoms with Crippen LogP contribution in [0, 0.1) is 0 Å². The lowest BCUT2D eigenvalue weighted by Crippen LogP contribution is -2.10. The molecule has 150 valence electrons. The minimum Gasteiger partial charge on any atom is -0.493 e. The molecule has 0 bridgehead atoms. The highest BCUT2D eigenvalue weighted by Crippen LogP contribution is 2.35. The number of aromatic nitrogens is 1. The molecule has 7 heteroatoms. The number of nitrogens with one attached hydrogen (secondary N) is 1. The molecule has 0 saturated carbocycles. The molecule has 1 aromatic heterocycles. The summed E-state index contributed by atoms with van der Waals surface area (Å²) in [6.45, 7) is 0.594. The van der Waals surface area contributed by atoms with Crippen LogP contribution in [0.15, 0.2) is 89.1 Å². The van der Waals surface area contributed by atoms with Crippen LogP contribution in [0.25, 0.3) is 10.9 Å². The molecule has 0 aliphatic heterocycles. The maximum atomic E-state index is 12.6. The van der Waals surface area contributed by atoms with Gasteiger partial charge >= 0.3 is 0 Å². The molecule has 1 amide bonds. The van der Waals surface area contributed by atoms with Crippen LogP contribution in [-0.4, -0.2) is 29.2 Å². The van der Waals surface area contributed by atoms with Crippen molar-refractivity contribution in [3.05, 3.63) is 84.4 Å². The van der Waals surface area contributed by atoms with Gasteiger partial charge in [0.05, 0.1) is 11.1 Å². The van der Waals surface area contributed by atoms with E-state index in [9.17, 15) is 9.90 Å². The van der Waals surface area contributed by atoms with Crippen molar-refractivity contribution >= 4 is 22.5 Å². The van der Waals surface area contributed by atoms with E-state index in [1.807, 2.05) is 42.5 Å². The molecule has 3 aromatic carbocycles. The van der Waals surface area contributed by atoms with E-state index in [1.54, 1.807) is 36.4 Å². The number of nitrogens with zero attached hydrogens (tertiary/aromatic N) is 2. The zero-order valence-corrected chi connectivity index (χ0v) is 16.0. The van der Waals surface area contributed by atoms with Gasteiger partial charge < -0.3 is 19.6 Å². The molecule has 1 heterocycles. The van der Waals surface area contributed by atoms with Crippen molar-refractivity contribution in [2.75, 3.05) is 13.2 Å². The Labute approximate surface area is 172 Å². The highest BCUT2D eigenvalue weighted by molar-refractivity contribution is 5.98. The summed E-state index contributed by atoms with van der Waals surface area (Å²) >= 11 is 0. The first kappa shape index (κ1) is 19.2. The highest BCUT2D eigenvalue weighted by atomic mass is 16.5. The predicted molar refractivity (Wildman–Crippen MR) is 113 cm³/mol. The number of azo groups is 1. The zero-order valence-electron chi connectivity index (χ0n) is 16.0. The van der Waals surface area contributed by atoms with E-state index in [1.165, 1.54) is 0 Å². The molecule has 0 aliphatic carbocycles. The van der Waals surface area contributed by atoms with Crippen molar-refractivity contribution in [2.24, 2.45) is 10.2 Å². The Balaban J connectivity index is 1.44. The normalized spacial score (nSPS) is 11.1. The Morgan fingerprint density at radius 1 is 0.867 bits per heavy atom. The average Bonchev–Trinajstić information content (AvgIpc) is 3.11. The zero-order chi connectivity index (χ0) is 20.8. The lowest BCUT2D eigenvalue weighted by atomic mass is 10.2. The van der Waals surface area contributed by atoms with Gasteiger partial charge in [0.15, 0.2) is 5.69 Å². The first-order valence-corrected chi connectivity index (χ1v) is 9.38. The molecule has 2 N–H and O–H groups in total. The first-order valence-electron chi connectivity index (χ1n) is 9.38. The van der Waals surface area contributed by atoms with Crippen molar-refractivity contribution in [3.63, 3.8) is 0 Å². The summed E-state index contributed by atoms with van der Waals surface area (Å²) in [6.07, 6.45) is 0. The fraction of sp³-hybridized carbons (Fsp3) is 0.0870.